The van der Waals surface area contributed by atoms with Crippen molar-refractivity contribution in [3.63, 3.8) is 0 Å². The van der Waals surface area contributed by atoms with Crippen LogP contribution in [0.4, 0.5) is 0 Å². The first kappa shape index (κ1) is 16.3. The molecule has 2 aromatic carbocycles. The van der Waals surface area contributed by atoms with Gasteiger partial charge >= 0.3 is 5.76 Å². The van der Waals surface area contributed by atoms with Gasteiger partial charge in [0.05, 0.1) is 17.1 Å². The van der Waals surface area contributed by atoms with E-state index in [-0.39, 0.29) is 11.8 Å². The lowest BCUT2D eigenvalue weighted by molar-refractivity contribution is 0.168. The molecule has 0 amide bonds. The third kappa shape index (κ3) is 3.04. The Bertz CT molecular complexity index is 1160. The van der Waals surface area contributed by atoms with Gasteiger partial charge in [-0.25, -0.2) is 4.79 Å². The molecule has 0 N–H and O–H groups in total. The van der Waals surface area contributed by atoms with Crippen molar-refractivity contribution in [2.75, 3.05) is 13.1 Å². The number of likely N-dealkylation sites (tertiary alicyclic amines) is 1. The van der Waals surface area contributed by atoms with Gasteiger partial charge in [0.15, 0.2) is 5.58 Å². The highest BCUT2D eigenvalue weighted by Gasteiger charge is 2.25. The summed E-state index contributed by atoms with van der Waals surface area (Å²) in [5.41, 5.74) is 3.86. The number of para-hydroxylation sites is 2. The Hall–Kier alpha value is -2.92. The maximum atomic E-state index is 12.4. The number of piperidine rings is 1. The average molecular weight is 359 g/mol. The molecular weight excluding hydrogens is 338 g/mol. The molecular formula is C22H21N3O2. The van der Waals surface area contributed by atoms with Crippen LogP contribution in [0, 0.1) is 0 Å². The molecule has 5 heteroatoms. The van der Waals surface area contributed by atoms with Gasteiger partial charge in [0, 0.05) is 24.7 Å². The van der Waals surface area contributed by atoms with Crippen molar-refractivity contribution in [2.24, 2.45) is 0 Å². The topological polar surface area (TPSA) is 51.3 Å². The predicted molar refractivity (Wildman–Crippen MR) is 106 cm³/mol. The number of oxazole rings is 1. The van der Waals surface area contributed by atoms with Crippen LogP contribution in [0.5, 0.6) is 0 Å². The molecule has 1 atom stereocenters. The lowest BCUT2D eigenvalue weighted by Crippen LogP contribution is -2.38. The summed E-state index contributed by atoms with van der Waals surface area (Å²) in [7, 11) is 0. The van der Waals surface area contributed by atoms with Gasteiger partial charge in [0.25, 0.3) is 0 Å². The maximum absolute atomic E-state index is 12.4. The molecule has 27 heavy (non-hydrogen) atoms. The van der Waals surface area contributed by atoms with E-state index in [9.17, 15) is 4.79 Å². The largest absolute Gasteiger partial charge is 0.420 e. The first-order valence-electron chi connectivity index (χ1n) is 9.44. The van der Waals surface area contributed by atoms with Crippen molar-refractivity contribution in [3.8, 4) is 0 Å². The molecule has 1 fully saturated rings. The Kier molecular flexibility index (Phi) is 4.02. The molecule has 2 aromatic heterocycles. The summed E-state index contributed by atoms with van der Waals surface area (Å²) < 4.78 is 7.28. The van der Waals surface area contributed by atoms with Crippen LogP contribution in [-0.4, -0.2) is 27.5 Å². The maximum Gasteiger partial charge on any atom is 0.420 e. The number of aromatic nitrogens is 2. The quantitative estimate of drug-likeness (QED) is 0.555. The van der Waals surface area contributed by atoms with Crippen LogP contribution in [-0.2, 0) is 6.54 Å². The molecule has 1 saturated heterocycles. The SMILES string of the molecule is O=c1oc2ccccc2n1C1CCCN(Cc2ccc3ncccc3c2)C1. The van der Waals surface area contributed by atoms with Crippen LogP contribution < -0.4 is 5.76 Å². The fourth-order valence-corrected chi connectivity index (χ4v) is 4.20. The average Bonchev–Trinajstić information content (AvgIpc) is 3.04. The van der Waals surface area contributed by atoms with Crippen molar-refractivity contribution in [1.29, 1.82) is 0 Å². The van der Waals surface area contributed by atoms with E-state index in [0.29, 0.717) is 5.58 Å². The normalized spacial score (nSPS) is 18.3. The summed E-state index contributed by atoms with van der Waals surface area (Å²) in [5, 5.41) is 1.17. The third-order valence-electron chi connectivity index (χ3n) is 5.44. The second-order valence-electron chi connectivity index (χ2n) is 7.27. The zero-order valence-corrected chi connectivity index (χ0v) is 15.0. The molecule has 4 aromatic rings. The van der Waals surface area contributed by atoms with Crippen LogP contribution in [0.1, 0.15) is 24.4 Å². The summed E-state index contributed by atoms with van der Waals surface area (Å²) in [4.78, 5) is 19.2. The standard InChI is InChI=1S/C22H21N3O2/c26-22-25(20-7-1-2-8-21(20)27-22)18-6-4-12-24(15-18)14-16-9-10-19-17(13-16)5-3-11-23-19/h1-3,5,7-11,13,18H,4,6,12,14-15H2. The zero-order chi connectivity index (χ0) is 18.2. The molecule has 1 unspecified atom stereocenters. The van der Waals surface area contributed by atoms with E-state index in [1.54, 1.807) is 0 Å². The summed E-state index contributed by atoms with van der Waals surface area (Å²) in [6.07, 6.45) is 3.90. The van der Waals surface area contributed by atoms with E-state index in [1.165, 1.54) is 10.9 Å². The van der Waals surface area contributed by atoms with Gasteiger partial charge < -0.3 is 4.42 Å². The number of hydrogen-bond acceptors (Lipinski definition) is 4. The number of nitrogens with zero attached hydrogens (tertiary/aromatic N) is 3. The van der Waals surface area contributed by atoms with Crippen molar-refractivity contribution in [3.05, 3.63) is 76.9 Å². The number of rotatable bonds is 3. The number of benzene rings is 2. The van der Waals surface area contributed by atoms with E-state index in [0.717, 1.165) is 43.5 Å². The van der Waals surface area contributed by atoms with E-state index < -0.39 is 0 Å². The second kappa shape index (κ2) is 6.67. The van der Waals surface area contributed by atoms with E-state index >= 15 is 0 Å². The molecule has 0 bridgehead atoms. The Morgan fingerprint density at radius 1 is 1.11 bits per heavy atom. The van der Waals surface area contributed by atoms with Crippen molar-refractivity contribution >= 4 is 22.0 Å². The summed E-state index contributed by atoms with van der Waals surface area (Å²) >= 11 is 0. The molecule has 0 aliphatic carbocycles. The van der Waals surface area contributed by atoms with Crippen LogP contribution in [0.2, 0.25) is 0 Å². The minimum Gasteiger partial charge on any atom is -0.408 e. The van der Waals surface area contributed by atoms with Gasteiger partial charge in [0.1, 0.15) is 0 Å². The summed E-state index contributed by atoms with van der Waals surface area (Å²) in [6, 6.07) is 18.4. The first-order chi connectivity index (χ1) is 13.3. The smallest absolute Gasteiger partial charge is 0.408 e. The number of pyridine rings is 1. The zero-order valence-electron chi connectivity index (χ0n) is 15.0. The number of fused-ring (bicyclic) bond motifs is 2. The van der Waals surface area contributed by atoms with E-state index in [2.05, 4.69) is 34.1 Å². The Morgan fingerprint density at radius 3 is 3.00 bits per heavy atom. The molecule has 136 valence electrons. The molecule has 0 radical (unpaired) electrons. The van der Waals surface area contributed by atoms with Gasteiger partial charge in [-0.2, -0.15) is 0 Å². The molecule has 1 aliphatic rings. The first-order valence-corrected chi connectivity index (χ1v) is 9.44. The Morgan fingerprint density at radius 2 is 2.04 bits per heavy atom. The highest BCUT2D eigenvalue weighted by Crippen LogP contribution is 2.26. The minimum absolute atomic E-state index is 0.150. The fraction of sp³-hybridized carbons (Fsp3) is 0.273. The lowest BCUT2D eigenvalue weighted by Gasteiger charge is -2.33. The highest BCUT2D eigenvalue weighted by molar-refractivity contribution is 5.78. The van der Waals surface area contributed by atoms with Crippen molar-refractivity contribution in [2.45, 2.75) is 25.4 Å². The lowest BCUT2D eigenvalue weighted by atomic mass is 10.0. The van der Waals surface area contributed by atoms with Gasteiger partial charge in [-0.15, -0.1) is 0 Å². The molecule has 5 nitrogen and oxygen atoms in total. The van der Waals surface area contributed by atoms with Gasteiger partial charge in [-0.1, -0.05) is 24.3 Å². The highest BCUT2D eigenvalue weighted by atomic mass is 16.4. The van der Waals surface area contributed by atoms with Gasteiger partial charge in [0.2, 0.25) is 0 Å². The van der Waals surface area contributed by atoms with Crippen LogP contribution in [0.25, 0.3) is 22.0 Å². The Labute approximate surface area is 156 Å². The molecule has 0 saturated carbocycles. The minimum atomic E-state index is -0.250. The van der Waals surface area contributed by atoms with Gasteiger partial charge in [-0.05, 0) is 55.3 Å². The molecule has 5 rings (SSSR count). The molecule has 0 spiro atoms. The van der Waals surface area contributed by atoms with Crippen molar-refractivity contribution in [1.82, 2.24) is 14.5 Å². The predicted octanol–water partition coefficient (Wildman–Crippen LogP) is 3.98. The van der Waals surface area contributed by atoms with Crippen LogP contribution in [0.15, 0.2) is 70.0 Å². The van der Waals surface area contributed by atoms with Crippen molar-refractivity contribution < 1.29 is 4.42 Å². The third-order valence-corrected chi connectivity index (χ3v) is 5.44. The van der Waals surface area contributed by atoms with Crippen LogP contribution >= 0.6 is 0 Å². The fourth-order valence-electron chi connectivity index (χ4n) is 4.20. The monoisotopic (exact) mass is 359 g/mol. The van der Waals surface area contributed by atoms with E-state index in [4.69, 9.17) is 4.42 Å². The van der Waals surface area contributed by atoms with Gasteiger partial charge in [-0.3, -0.25) is 14.5 Å². The molecule has 3 heterocycles. The summed E-state index contributed by atoms with van der Waals surface area (Å²) in [5.74, 6) is -0.250. The molecule has 1 aliphatic heterocycles. The second-order valence-corrected chi connectivity index (χ2v) is 7.27. The van der Waals surface area contributed by atoms with Crippen LogP contribution in [0.3, 0.4) is 0 Å². The Balaban J connectivity index is 1.40. The number of hydrogen-bond donors (Lipinski definition) is 0. The summed E-state index contributed by atoms with van der Waals surface area (Å²) in [6.45, 7) is 2.78. The van der Waals surface area contributed by atoms with E-state index in [1.807, 2.05) is 41.1 Å².